The van der Waals surface area contributed by atoms with Crippen LogP contribution in [-0.4, -0.2) is 35.1 Å². The molecule has 0 spiro atoms. The standard InChI is InChI=1S/C20H25ClFN9/c1-12(17-23-10-14(22)11-24-17)25-19-27-18(21)28-20(29-19)26-16-9-15(30-31-16)8-7-13-5-3-2-4-6-13/h9-13H,2-8H2,1H3,(H3,25,26,27,28,29,30,31). The van der Waals surface area contributed by atoms with Gasteiger partial charge in [0.2, 0.25) is 17.2 Å². The van der Waals surface area contributed by atoms with Gasteiger partial charge in [0.1, 0.15) is 11.6 Å². The Kier molecular flexibility index (Phi) is 6.86. The second kappa shape index (κ2) is 9.95. The predicted molar refractivity (Wildman–Crippen MR) is 116 cm³/mol. The summed E-state index contributed by atoms with van der Waals surface area (Å²) in [5.41, 5.74) is 1.01. The first-order valence-corrected chi connectivity index (χ1v) is 10.9. The van der Waals surface area contributed by atoms with E-state index in [1.807, 2.05) is 13.0 Å². The number of hydrogen-bond donors (Lipinski definition) is 3. The number of H-pyrrole nitrogens is 1. The van der Waals surface area contributed by atoms with E-state index in [0.717, 1.165) is 30.4 Å². The molecule has 0 radical (unpaired) electrons. The lowest BCUT2D eigenvalue weighted by molar-refractivity contribution is 0.338. The molecule has 1 aliphatic rings. The van der Waals surface area contributed by atoms with E-state index in [2.05, 4.69) is 45.8 Å². The summed E-state index contributed by atoms with van der Waals surface area (Å²) in [4.78, 5) is 20.4. The Labute approximate surface area is 184 Å². The maximum absolute atomic E-state index is 13.0. The summed E-state index contributed by atoms with van der Waals surface area (Å²) >= 11 is 6.06. The maximum atomic E-state index is 13.0. The first-order chi connectivity index (χ1) is 15.0. The minimum Gasteiger partial charge on any atom is -0.344 e. The SMILES string of the molecule is CC(Nc1nc(Cl)nc(Nc2cc(CCC3CCCCC3)n[nH]2)n1)c1ncc(F)cn1. The zero-order chi connectivity index (χ0) is 21.6. The highest BCUT2D eigenvalue weighted by atomic mass is 35.5. The Morgan fingerprint density at radius 2 is 1.87 bits per heavy atom. The van der Waals surface area contributed by atoms with Crippen molar-refractivity contribution >= 4 is 29.3 Å². The minimum absolute atomic E-state index is 0.0317. The smallest absolute Gasteiger partial charge is 0.234 e. The number of rotatable bonds is 8. The molecule has 3 aromatic heterocycles. The molecule has 164 valence electrons. The second-order valence-corrected chi connectivity index (χ2v) is 8.16. The molecule has 1 atom stereocenters. The van der Waals surface area contributed by atoms with E-state index in [-0.39, 0.29) is 23.2 Å². The van der Waals surface area contributed by atoms with Crippen molar-refractivity contribution < 1.29 is 4.39 Å². The molecule has 3 aromatic rings. The zero-order valence-electron chi connectivity index (χ0n) is 17.3. The molecular formula is C20H25ClFN9. The van der Waals surface area contributed by atoms with Crippen molar-refractivity contribution in [3.8, 4) is 0 Å². The average Bonchev–Trinajstić information content (AvgIpc) is 3.20. The number of nitrogens with one attached hydrogen (secondary N) is 3. The monoisotopic (exact) mass is 445 g/mol. The second-order valence-electron chi connectivity index (χ2n) is 7.82. The molecule has 1 saturated carbocycles. The Morgan fingerprint density at radius 1 is 1.13 bits per heavy atom. The van der Waals surface area contributed by atoms with Gasteiger partial charge in [-0.3, -0.25) is 5.10 Å². The van der Waals surface area contributed by atoms with Crippen LogP contribution in [0.1, 0.15) is 63.0 Å². The van der Waals surface area contributed by atoms with E-state index >= 15 is 0 Å². The molecule has 3 heterocycles. The summed E-state index contributed by atoms with van der Waals surface area (Å²) in [6, 6.07) is 1.60. The van der Waals surface area contributed by atoms with Gasteiger partial charge in [-0.2, -0.15) is 20.1 Å². The third-order valence-electron chi connectivity index (χ3n) is 5.39. The fourth-order valence-corrected chi connectivity index (χ4v) is 3.94. The van der Waals surface area contributed by atoms with E-state index in [0.29, 0.717) is 11.6 Å². The molecule has 0 amide bonds. The number of halogens is 2. The van der Waals surface area contributed by atoms with E-state index in [1.165, 1.54) is 38.5 Å². The van der Waals surface area contributed by atoms with Crippen molar-refractivity contribution in [2.45, 2.75) is 57.9 Å². The summed E-state index contributed by atoms with van der Waals surface area (Å²) in [5.74, 6) is 1.93. The Balaban J connectivity index is 1.37. The van der Waals surface area contributed by atoms with Crippen LogP contribution in [0.25, 0.3) is 0 Å². The lowest BCUT2D eigenvalue weighted by Gasteiger charge is -2.20. The normalized spacial score (nSPS) is 15.6. The van der Waals surface area contributed by atoms with Crippen molar-refractivity contribution in [1.29, 1.82) is 0 Å². The van der Waals surface area contributed by atoms with Gasteiger partial charge in [-0.15, -0.1) is 0 Å². The number of nitrogens with zero attached hydrogens (tertiary/aromatic N) is 6. The molecule has 1 unspecified atom stereocenters. The molecule has 31 heavy (non-hydrogen) atoms. The lowest BCUT2D eigenvalue weighted by Crippen LogP contribution is -2.14. The zero-order valence-corrected chi connectivity index (χ0v) is 18.0. The molecule has 0 saturated heterocycles. The molecule has 1 aliphatic carbocycles. The van der Waals surface area contributed by atoms with Gasteiger partial charge in [0.05, 0.1) is 24.1 Å². The average molecular weight is 446 g/mol. The van der Waals surface area contributed by atoms with Gasteiger partial charge in [-0.1, -0.05) is 32.1 Å². The van der Waals surface area contributed by atoms with E-state index in [9.17, 15) is 4.39 Å². The topological polar surface area (TPSA) is 117 Å². The summed E-state index contributed by atoms with van der Waals surface area (Å²) in [6.45, 7) is 1.81. The largest absolute Gasteiger partial charge is 0.344 e. The van der Waals surface area contributed by atoms with Gasteiger partial charge in [0.25, 0.3) is 0 Å². The quantitative estimate of drug-likeness (QED) is 0.460. The molecule has 0 aliphatic heterocycles. The number of aromatic nitrogens is 7. The van der Waals surface area contributed by atoms with Crippen LogP contribution >= 0.6 is 11.6 Å². The molecule has 1 fully saturated rings. The highest BCUT2D eigenvalue weighted by Gasteiger charge is 2.15. The number of hydrogen-bond acceptors (Lipinski definition) is 8. The van der Waals surface area contributed by atoms with Gasteiger partial charge in [0.15, 0.2) is 5.82 Å². The van der Waals surface area contributed by atoms with Crippen LogP contribution in [0.15, 0.2) is 18.5 Å². The van der Waals surface area contributed by atoms with Crippen molar-refractivity contribution in [1.82, 2.24) is 35.1 Å². The molecule has 9 nitrogen and oxygen atoms in total. The maximum Gasteiger partial charge on any atom is 0.234 e. The Morgan fingerprint density at radius 3 is 2.65 bits per heavy atom. The van der Waals surface area contributed by atoms with Gasteiger partial charge in [-0.25, -0.2) is 14.4 Å². The first-order valence-electron chi connectivity index (χ1n) is 10.5. The van der Waals surface area contributed by atoms with Crippen molar-refractivity contribution in [3.05, 3.63) is 41.1 Å². The molecule has 11 heteroatoms. The lowest BCUT2D eigenvalue weighted by atomic mass is 9.86. The Hall–Kier alpha value is -2.88. The summed E-state index contributed by atoms with van der Waals surface area (Å²) < 4.78 is 13.0. The highest BCUT2D eigenvalue weighted by Crippen LogP contribution is 2.27. The molecule has 0 aromatic carbocycles. The van der Waals surface area contributed by atoms with Crippen LogP contribution in [0.5, 0.6) is 0 Å². The summed E-state index contributed by atoms with van der Waals surface area (Å²) in [6.07, 6.45) is 11.1. The molecular weight excluding hydrogens is 421 g/mol. The van der Waals surface area contributed by atoms with Crippen LogP contribution in [0.4, 0.5) is 22.1 Å². The van der Waals surface area contributed by atoms with Crippen LogP contribution in [0.2, 0.25) is 5.28 Å². The van der Waals surface area contributed by atoms with Gasteiger partial charge in [0, 0.05) is 6.07 Å². The fourth-order valence-electron chi connectivity index (χ4n) is 3.78. The van der Waals surface area contributed by atoms with Gasteiger partial charge >= 0.3 is 0 Å². The third kappa shape index (κ3) is 6.06. The van der Waals surface area contributed by atoms with Crippen LogP contribution in [0.3, 0.4) is 0 Å². The number of aromatic amines is 1. The van der Waals surface area contributed by atoms with E-state index in [1.54, 1.807) is 0 Å². The van der Waals surface area contributed by atoms with E-state index in [4.69, 9.17) is 11.6 Å². The van der Waals surface area contributed by atoms with Crippen molar-refractivity contribution in [2.24, 2.45) is 5.92 Å². The molecule has 3 N–H and O–H groups in total. The fraction of sp³-hybridized carbons (Fsp3) is 0.500. The Bertz CT molecular complexity index is 989. The minimum atomic E-state index is -0.497. The van der Waals surface area contributed by atoms with Crippen LogP contribution < -0.4 is 10.6 Å². The van der Waals surface area contributed by atoms with Crippen molar-refractivity contribution in [3.63, 3.8) is 0 Å². The third-order valence-corrected chi connectivity index (χ3v) is 5.56. The molecule has 4 rings (SSSR count). The van der Waals surface area contributed by atoms with E-state index < -0.39 is 5.82 Å². The van der Waals surface area contributed by atoms with Crippen LogP contribution in [-0.2, 0) is 6.42 Å². The van der Waals surface area contributed by atoms with Crippen molar-refractivity contribution in [2.75, 3.05) is 10.6 Å². The summed E-state index contributed by atoms with van der Waals surface area (Å²) in [7, 11) is 0. The number of anilines is 3. The number of aryl methyl sites for hydroxylation is 1. The predicted octanol–water partition coefficient (Wildman–Crippen LogP) is 4.61. The summed E-state index contributed by atoms with van der Waals surface area (Å²) in [5, 5.41) is 13.5. The van der Waals surface area contributed by atoms with Gasteiger partial charge < -0.3 is 10.6 Å². The van der Waals surface area contributed by atoms with Gasteiger partial charge in [-0.05, 0) is 37.3 Å². The molecule has 0 bridgehead atoms. The van der Waals surface area contributed by atoms with Crippen LogP contribution in [0, 0.1) is 11.7 Å². The first kappa shape index (κ1) is 21.4. The highest BCUT2D eigenvalue weighted by molar-refractivity contribution is 6.28.